The van der Waals surface area contributed by atoms with Crippen molar-refractivity contribution >= 4 is 34.1 Å². The molecule has 0 bridgehead atoms. The lowest BCUT2D eigenvalue weighted by atomic mass is 9.92. The zero-order valence-electron chi connectivity index (χ0n) is 18.5. The Hall–Kier alpha value is -4.65. The largest absolute Gasteiger partial charge is 0.327 e. The summed E-state index contributed by atoms with van der Waals surface area (Å²) in [5, 5.41) is 16.4. The van der Waals surface area contributed by atoms with Gasteiger partial charge in [0.2, 0.25) is 0 Å². The summed E-state index contributed by atoms with van der Waals surface area (Å²) in [5.41, 5.74) is 5.38. The molecule has 0 saturated carbocycles. The molecule has 4 N–H and O–H groups in total. The number of H-pyrrole nitrogens is 1. The van der Waals surface area contributed by atoms with Crippen LogP contribution in [-0.4, -0.2) is 28.2 Å². The molecular formula is C27H23N5O2. The Morgan fingerprint density at radius 1 is 0.971 bits per heavy atom. The van der Waals surface area contributed by atoms with E-state index in [1.807, 2.05) is 84.9 Å². The molecule has 3 amide bonds. The fourth-order valence-corrected chi connectivity index (χ4v) is 4.14. The van der Waals surface area contributed by atoms with Crippen LogP contribution in [0.15, 0.2) is 102 Å². The van der Waals surface area contributed by atoms with Crippen LogP contribution in [-0.2, 0) is 4.79 Å². The van der Waals surface area contributed by atoms with Gasteiger partial charge in [-0.3, -0.25) is 9.89 Å². The second kappa shape index (κ2) is 9.07. The molecule has 4 aromatic rings. The second-order valence-corrected chi connectivity index (χ2v) is 8.05. The molecule has 7 nitrogen and oxygen atoms in total. The minimum absolute atomic E-state index is 0.297. The summed E-state index contributed by atoms with van der Waals surface area (Å²) in [5.74, 6) is -0.297. The summed E-state index contributed by atoms with van der Waals surface area (Å²) in [6.07, 6.45) is 3.64. The van der Waals surface area contributed by atoms with Crippen LogP contribution in [0.2, 0.25) is 0 Å². The van der Waals surface area contributed by atoms with Gasteiger partial charge in [-0.1, -0.05) is 60.7 Å². The van der Waals surface area contributed by atoms with Crippen molar-refractivity contribution in [3.63, 3.8) is 0 Å². The first-order valence-electron chi connectivity index (χ1n) is 10.9. The molecular weight excluding hydrogens is 426 g/mol. The molecule has 1 aliphatic heterocycles. The number of amides is 3. The number of carbonyl (C=O) groups excluding carboxylic acids is 2. The number of fused-ring (bicyclic) bond motifs is 1. The SMILES string of the molecule is CC1=C(C(=O)Nc2ccc3[nH]ncc3c2)C(C=C(c2ccccc2)c2ccccc2)NC(=O)N1. The predicted octanol–water partition coefficient (Wildman–Crippen LogP) is 4.59. The van der Waals surface area contributed by atoms with Crippen LogP contribution in [0.1, 0.15) is 18.1 Å². The number of carbonyl (C=O) groups is 2. The van der Waals surface area contributed by atoms with E-state index in [0.717, 1.165) is 27.6 Å². The molecule has 5 rings (SSSR count). The van der Waals surface area contributed by atoms with E-state index in [2.05, 4.69) is 26.1 Å². The van der Waals surface area contributed by atoms with Crippen molar-refractivity contribution in [1.29, 1.82) is 0 Å². The standard InChI is InChI=1S/C27H23N5O2/c1-17-25(26(33)30-21-12-13-23-20(14-21)16-28-32-23)24(31-27(34)29-17)15-22(18-8-4-2-5-9-18)19-10-6-3-7-11-19/h2-16,24H,1H3,(H,28,32)(H,30,33)(H2,29,31,34). The van der Waals surface area contributed by atoms with Crippen LogP contribution in [0.3, 0.4) is 0 Å². The van der Waals surface area contributed by atoms with E-state index in [0.29, 0.717) is 17.0 Å². The summed E-state index contributed by atoms with van der Waals surface area (Å²) in [6, 6.07) is 24.4. The number of urea groups is 1. The van der Waals surface area contributed by atoms with Gasteiger partial charge >= 0.3 is 6.03 Å². The van der Waals surface area contributed by atoms with E-state index < -0.39 is 6.04 Å². The molecule has 1 aromatic heterocycles. The van der Waals surface area contributed by atoms with Gasteiger partial charge in [0.25, 0.3) is 5.91 Å². The zero-order valence-corrected chi connectivity index (χ0v) is 18.5. The number of nitrogens with one attached hydrogen (secondary N) is 4. The number of aromatic nitrogens is 2. The lowest BCUT2D eigenvalue weighted by Crippen LogP contribution is -2.49. The van der Waals surface area contributed by atoms with Gasteiger partial charge in [-0.25, -0.2) is 4.79 Å². The molecule has 34 heavy (non-hydrogen) atoms. The quantitative estimate of drug-likeness (QED) is 0.359. The number of anilines is 1. The van der Waals surface area contributed by atoms with Crippen molar-refractivity contribution in [2.75, 3.05) is 5.32 Å². The van der Waals surface area contributed by atoms with Gasteiger partial charge < -0.3 is 16.0 Å². The first-order chi connectivity index (χ1) is 16.6. The summed E-state index contributed by atoms with van der Waals surface area (Å²) < 4.78 is 0. The average Bonchev–Trinajstić information content (AvgIpc) is 3.31. The van der Waals surface area contributed by atoms with Gasteiger partial charge in [-0.2, -0.15) is 5.10 Å². The van der Waals surface area contributed by atoms with Crippen molar-refractivity contribution < 1.29 is 9.59 Å². The Kier molecular flexibility index (Phi) is 5.66. The fourth-order valence-electron chi connectivity index (χ4n) is 4.14. The fraction of sp³-hybridized carbons (Fsp3) is 0.0741. The zero-order chi connectivity index (χ0) is 23.5. The Bertz CT molecular complexity index is 1380. The maximum atomic E-state index is 13.4. The monoisotopic (exact) mass is 449 g/mol. The molecule has 0 saturated heterocycles. The summed E-state index contributed by atoms with van der Waals surface area (Å²) in [7, 11) is 0. The van der Waals surface area contributed by atoms with Gasteiger partial charge in [-0.15, -0.1) is 0 Å². The highest BCUT2D eigenvalue weighted by atomic mass is 16.2. The number of aromatic amines is 1. The van der Waals surface area contributed by atoms with Gasteiger partial charge in [0.05, 0.1) is 23.3 Å². The number of allylic oxidation sites excluding steroid dienone is 1. The number of nitrogens with zero attached hydrogens (tertiary/aromatic N) is 1. The molecule has 3 aromatic carbocycles. The van der Waals surface area contributed by atoms with E-state index >= 15 is 0 Å². The first kappa shape index (κ1) is 21.2. The third-order valence-electron chi connectivity index (χ3n) is 5.75. The van der Waals surface area contributed by atoms with Crippen LogP contribution in [0, 0.1) is 0 Å². The highest BCUT2D eigenvalue weighted by Crippen LogP contribution is 2.27. The number of benzene rings is 3. The molecule has 1 aliphatic rings. The summed E-state index contributed by atoms with van der Waals surface area (Å²) in [6.45, 7) is 1.73. The number of hydrogen-bond donors (Lipinski definition) is 4. The van der Waals surface area contributed by atoms with Crippen molar-refractivity contribution in [1.82, 2.24) is 20.8 Å². The van der Waals surface area contributed by atoms with Crippen LogP contribution in [0.5, 0.6) is 0 Å². The molecule has 168 valence electrons. The highest BCUT2D eigenvalue weighted by molar-refractivity contribution is 6.08. The minimum atomic E-state index is -0.623. The maximum Gasteiger partial charge on any atom is 0.319 e. The Morgan fingerprint density at radius 3 is 2.32 bits per heavy atom. The van der Waals surface area contributed by atoms with Gasteiger partial charge in [-0.05, 0) is 47.9 Å². The van der Waals surface area contributed by atoms with E-state index in [1.54, 1.807) is 13.1 Å². The number of hydrogen-bond acceptors (Lipinski definition) is 3. The molecule has 0 aliphatic carbocycles. The normalized spacial score (nSPS) is 15.4. The third-order valence-corrected chi connectivity index (χ3v) is 5.75. The molecule has 0 radical (unpaired) electrons. The van der Waals surface area contributed by atoms with Gasteiger partial charge in [0.15, 0.2) is 0 Å². The van der Waals surface area contributed by atoms with Crippen LogP contribution < -0.4 is 16.0 Å². The van der Waals surface area contributed by atoms with Crippen LogP contribution >= 0.6 is 0 Å². The Balaban J connectivity index is 1.53. The van der Waals surface area contributed by atoms with Crippen molar-refractivity contribution in [2.45, 2.75) is 13.0 Å². The number of rotatable bonds is 5. The first-order valence-corrected chi connectivity index (χ1v) is 10.9. The highest BCUT2D eigenvalue weighted by Gasteiger charge is 2.29. The molecule has 2 heterocycles. The molecule has 0 fully saturated rings. The van der Waals surface area contributed by atoms with Crippen LogP contribution in [0.25, 0.3) is 16.5 Å². The van der Waals surface area contributed by atoms with E-state index in [9.17, 15) is 9.59 Å². The van der Waals surface area contributed by atoms with Crippen molar-refractivity contribution in [2.24, 2.45) is 0 Å². The third kappa shape index (κ3) is 4.31. The van der Waals surface area contributed by atoms with Gasteiger partial charge in [0, 0.05) is 16.8 Å². The minimum Gasteiger partial charge on any atom is -0.327 e. The smallest absolute Gasteiger partial charge is 0.319 e. The summed E-state index contributed by atoms with van der Waals surface area (Å²) in [4.78, 5) is 25.8. The van der Waals surface area contributed by atoms with Crippen molar-refractivity contribution in [3.05, 3.63) is 114 Å². The van der Waals surface area contributed by atoms with E-state index in [-0.39, 0.29) is 11.9 Å². The van der Waals surface area contributed by atoms with E-state index in [4.69, 9.17) is 0 Å². The van der Waals surface area contributed by atoms with Crippen molar-refractivity contribution in [3.8, 4) is 0 Å². The van der Waals surface area contributed by atoms with E-state index in [1.165, 1.54) is 0 Å². The Morgan fingerprint density at radius 2 is 1.65 bits per heavy atom. The molecule has 0 spiro atoms. The van der Waals surface area contributed by atoms with Gasteiger partial charge in [0.1, 0.15) is 0 Å². The lowest BCUT2D eigenvalue weighted by Gasteiger charge is -2.27. The molecule has 7 heteroatoms. The predicted molar refractivity (Wildman–Crippen MR) is 133 cm³/mol. The molecule has 1 atom stereocenters. The maximum absolute atomic E-state index is 13.4. The summed E-state index contributed by atoms with van der Waals surface area (Å²) >= 11 is 0. The topological polar surface area (TPSA) is 98.9 Å². The second-order valence-electron chi connectivity index (χ2n) is 8.05. The van der Waals surface area contributed by atoms with Crippen LogP contribution in [0.4, 0.5) is 10.5 Å². The molecule has 1 unspecified atom stereocenters. The average molecular weight is 450 g/mol. The lowest BCUT2D eigenvalue weighted by molar-refractivity contribution is -0.113. The Labute approximate surface area is 196 Å².